The predicted octanol–water partition coefficient (Wildman–Crippen LogP) is 4.12. The average molecular weight is 394 g/mol. The molecule has 3 rings (SSSR count). The lowest BCUT2D eigenvalue weighted by Gasteiger charge is -2.11. The van der Waals surface area contributed by atoms with Crippen LogP contribution in [0.5, 0.6) is 0 Å². The third-order valence-electron chi connectivity index (χ3n) is 4.36. The number of aryl methyl sites for hydroxylation is 2. The molecule has 0 spiro atoms. The van der Waals surface area contributed by atoms with Crippen molar-refractivity contribution >= 4 is 17.3 Å². The molecule has 0 aliphatic heterocycles. The fourth-order valence-corrected chi connectivity index (χ4v) is 3.74. The van der Waals surface area contributed by atoms with Crippen molar-refractivity contribution in [3.63, 3.8) is 0 Å². The highest BCUT2D eigenvalue weighted by Gasteiger charge is 2.05. The van der Waals surface area contributed by atoms with Crippen molar-refractivity contribution in [2.75, 3.05) is 13.1 Å². The van der Waals surface area contributed by atoms with Crippen LogP contribution in [0.2, 0.25) is 0 Å². The van der Waals surface area contributed by atoms with Crippen molar-refractivity contribution in [3.8, 4) is 11.3 Å². The minimum absolute atomic E-state index is 0.617. The summed E-state index contributed by atoms with van der Waals surface area (Å²) in [5.41, 5.74) is 4.38. The first-order chi connectivity index (χ1) is 13.7. The molecule has 0 saturated carbocycles. The third kappa shape index (κ3) is 5.63. The van der Waals surface area contributed by atoms with Crippen LogP contribution in [-0.4, -0.2) is 29.0 Å². The van der Waals surface area contributed by atoms with Crippen molar-refractivity contribution in [2.24, 2.45) is 4.99 Å². The Kier molecular flexibility index (Phi) is 7.14. The molecule has 0 fully saturated rings. The molecule has 0 atom stereocenters. The second-order valence-electron chi connectivity index (χ2n) is 6.54. The van der Waals surface area contributed by atoms with Gasteiger partial charge in [0.05, 0.1) is 22.9 Å². The molecule has 2 N–H and O–H groups in total. The Hall–Kier alpha value is -2.73. The van der Waals surface area contributed by atoms with E-state index < -0.39 is 0 Å². The first-order valence-electron chi connectivity index (χ1n) is 9.61. The fraction of sp³-hybridized carbons (Fsp3) is 0.318. The number of thiazole rings is 1. The maximum Gasteiger partial charge on any atom is 0.191 e. The standard InChI is InChI=1S/C22H27N5S/c1-4-23-22(25-13-11-21-27-16(2)17(3)28-21)26-15-18-8-7-9-19(14-18)20-10-5-6-12-24-20/h5-10,12,14H,4,11,13,15H2,1-3H3,(H2,23,25,26). The van der Waals surface area contributed by atoms with E-state index in [4.69, 9.17) is 4.99 Å². The molecule has 28 heavy (non-hydrogen) atoms. The van der Waals surface area contributed by atoms with Gasteiger partial charge in [-0.3, -0.25) is 4.98 Å². The quantitative estimate of drug-likeness (QED) is 0.468. The van der Waals surface area contributed by atoms with E-state index >= 15 is 0 Å². The third-order valence-corrected chi connectivity index (χ3v) is 5.49. The zero-order valence-corrected chi connectivity index (χ0v) is 17.5. The number of aliphatic imine (C=N–C) groups is 1. The van der Waals surface area contributed by atoms with Gasteiger partial charge in [0.15, 0.2) is 5.96 Å². The molecule has 1 aromatic carbocycles. The first-order valence-corrected chi connectivity index (χ1v) is 10.4. The van der Waals surface area contributed by atoms with Crippen LogP contribution in [0.3, 0.4) is 0 Å². The number of nitrogens with zero attached hydrogens (tertiary/aromatic N) is 3. The molecule has 0 bridgehead atoms. The van der Waals surface area contributed by atoms with E-state index in [-0.39, 0.29) is 0 Å². The molecular formula is C22H27N5S. The van der Waals surface area contributed by atoms with Crippen LogP contribution in [-0.2, 0) is 13.0 Å². The normalized spacial score (nSPS) is 11.5. The molecule has 146 valence electrons. The monoisotopic (exact) mass is 393 g/mol. The number of hydrogen-bond acceptors (Lipinski definition) is 4. The maximum atomic E-state index is 4.73. The summed E-state index contributed by atoms with van der Waals surface area (Å²) >= 11 is 1.77. The van der Waals surface area contributed by atoms with Crippen molar-refractivity contribution in [3.05, 3.63) is 69.8 Å². The number of rotatable bonds is 7. The second kappa shape index (κ2) is 9.99. The summed E-state index contributed by atoms with van der Waals surface area (Å²) in [6, 6.07) is 14.3. The van der Waals surface area contributed by atoms with Crippen molar-refractivity contribution in [2.45, 2.75) is 33.7 Å². The Morgan fingerprint density at radius 2 is 2.00 bits per heavy atom. The van der Waals surface area contributed by atoms with Gasteiger partial charge in [-0.05, 0) is 44.5 Å². The fourth-order valence-electron chi connectivity index (χ4n) is 2.81. The van der Waals surface area contributed by atoms with Crippen molar-refractivity contribution < 1.29 is 0 Å². The summed E-state index contributed by atoms with van der Waals surface area (Å²) in [6.07, 6.45) is 2.72. The Bertz CT molecular complexity index is 898. The van der Waals surface area contributed by atoms with Gasteiger partial charge in [0.1, 0.15) is 0 Å². The van der Waals surface area contributed by atoms with Crippen molar-refractivity contribution in [1.29, 1.82) is 0 Å². The highest BCUT2D eigenvalue weighted by Crippen LogP contribution is 2.18. The van der Waals surface area contributed by atoms with Crippen molar-refractivity contribution in [1.82, 2.24) is 20.6 Å². The van der Waals surface area contributed by atoms with Gasteiger partial charge in [-0.15, -0.1) is 11.3 Å². The van der Waals surface area contributed by atoms with E-state index in [0.29, 0.717) is 6.54 Å². The van der Waals surface area contributed by atoms with Gasteiger partial charge in [0.2, 0.25) is 0 Å². The van der Waals surface area contributed by atoms with E-state index in [9.17, 15) is 0 Å². The summed E-state index contributed by atoms with van der Waals surface area (Å²) < 4.78 is 0. The van der Waals surface area contributed by atoms with E-state index in [1.165, 1.54) is 9.88 Å². The Morgan fingerprint density at radius 3 is 2.71 bits per heavy atom. The zero-order chi connectivity index (χ0) is 19.8. The Labute approximate surface area is 171 Å². The van der Waals surface area contributed by atoms with Crippen LogP contribution in [0, 0.1) is 13.8 Å². The lowest BCUT2D eigenvalue weighted by Crippen LogP contribution is -2.38. The minimum atomic E-state index is 0.617. The number of hydrogen-bond donors (Lipinski definition) is 2. The molecule has 0 unspecified atom stereocenters. The van der Waals surface area contributed by atoms with E-state index in [1.807, 2.05) is 24.4 Å². The van der Waals surface area contributed by atoms with Gasteiger partial charge >= 0.3 is 0 Å². The lowest BCUT2D eigenvalue weighted by molar-refractivity contribution is 0.795. The van der Waals surface area contributed by atoms with Gasteiger partial charge in [-0.1, -0.05) is 24.3 Å². The molecule has 6 heteroatoms. The Morgan fingerprint density at radius 1 is 1.11 bits per heavy atom. The number of benzene rings is 1. The minimum Gasteiger partial charge on any atom is -0.357 e. The van der Waals surface area contributed by atoms with Gasteiger partial charge in [0.25, 0.3) is 0 Å². The lowest BCUT2D eigenvalue weighted by atomic mass is 10.1. The van der Waals surface area contributed by atoms with Crippen LogP contribution in [0.15, 0.2) is 53.7 Å². The number of guanidine groups is 1. The Balaban J connectivity index is 1.61. The topological polar surface area (TPSA) is 62.2 Å². The van der Waals surface area contributed by atoms with Gasteiger partial charge in [-0.2, -0.15) is 0 Å². The number of pyridine rings is 1. The molecule has 5 nitrogen and oxygen atoms in total. The molecule has 3 aromatic rings. The van der Waals surface area contributed by atoms with Crippen LogP contribution in [0.1, 0.15) is 28.1 Å². The SMILES string of the molecule is CCNC(=NCc1cccc(-c2ccccn2)c1)NCCc1nc(C)c(C)s1. The maximum absolute atomic E-state index is 4.73. The zero-order valence-electron chi connectivity index (χ0n) is 16.7. The number of nitrogens with one attached hydrogen (secondary N) is 2. The van der Waals surface area contributed by atoms with Gasteiger partial charge < -0.3 is 10.6 Å². The largest absolute Gasteiger partial charge is 0.357 e. The first kappa shape index (κ1) is 20.0. The van der Waals surface area contributed by atoms with Crippen LogP contribution >= 0.6 is 11.3 Å². The highest BCUT2D eigenvalue weighted by atomic mass is 32.1. The van der Waals surface area contributed by atoms with Crippen LogP contribution in [0.4, 0.5) is 0 Å². The van der Waals surface area contributed by atoms with E-state index in [0.717, 1.165) is 48.0 Å². The molecule has 0 aliphatic rings. The molecule has 2 aromatic heterocycles. The van der Waals surface area contributed by atoms with Crippen LogP contribution < -0.4 is 10.6 Å². The molecule has 0 radical (unpaired) electrons. The summed E-state index contributed by atoms with van der Waals surface area (Å²) in [5.74, 6) is 0.829. The molecular weight excluding hydrogens is 366 g/mol. The summed E-state index contributed by atoms with van der Waals surface area (Å²) in [5, 5.41) is 7.89. The summed E-state index contributed by atoms with van der Waals surface area (Å²) in [7, 11) is 0. The van der Waals surface area contributed by atoms with E-state index in [1.54, 1.807) is 11.3 Å². The van der Waals surface area contributed by atoms with Crippen LogP contribution in [0.25, 0.3) is 11.3 Å². The summed E-state index contributed by atoms with van der Waals surface area (Å²) in [6.45, 7) is 8.52. The molecule has 2 heterocycles. The summed E-state index contributed by atoms with van der Waals surface area (Å²) in [4.78, 5) is 15.0. The highest BCUT2D eigenvalue weighted by molar-refractivity contribution is 7.11. The second-order valence-corrected chi connectivity index (χ2v) is 7.82. The smallest absolute Gasteiger partial charge is 0.191 e. The van der Waals surface area contributed by atoms with Gasteiger partial charge in [-0.25, -0.2) is 9.98 Å². The average Bonchev–Trinajstić information content (AvgIpc) is 3.04. The van der Waals surface area contributed by atoms with E-state index in [2.05, 4.69) is 65.6 Å². The predicted molar refractivity (Wildman–Crippen MR) is 118 cm³/mol. The number of aromatic nitrogens is 2. The molecule has 0 aliphatic carbocycles. The molecule has 0 saturated heterocycles. The van der Waals surface area contributed by atoms with Gasteiger partial charge in [0, 0.05) is 36.1 Å². The molecule has 0 amide bonds.